The first-order chi connectivity index (χ1) is 16.9. The fourth-order valence-corrected chi connectivity index (χ4v) is 5.02. The maximum atomic E-state index is 11.7. The number of H-pyrrole nitrogens is 1. The van der Waals surface area contributed by atoms with Crippen molar-refractivity contribution in [1.82, 2.24) is 35.4 Å². The van der Waals surface area contributed by atoms with Gasteiger partial charge in [-0.25, -0.2) is 23.2 Å². The lowest BCUT2D eigenvalue weighted by Crippen LogP contribution is -2.12. The molecule has 0 bridgehead atoms. The Morgan fingerprint density at radius 3 is 2.46 bits per heavy atom. The molecular weight excluding hydrogens is 488 g/mol. The lowest BCUT2D eigenvalue weighted by Gasteiger charge is -2.08. The van der Waals surface area contributed by atoms with Crippen LogP contribution in [0.5, 0.6) is 0 Å². The summed E-state index contributed by atoms with van der Waals surface area (Å²) in [7, 11) is -3.79. The van der Waals surface area contributed by atoms with Gasteiger partial charge < -0.3 is 5.11 Å². The number of hydrogen-bond donors (Lipinski definition) is 3. The third-order valence-corrected chi connectivity index (χ3v) is 7.16. The van der Waals surface area contributed by atoms with E-state index in [1.54, 1.807) is 22.2 Å². The summed E-state index contributed by atoms with van der Waals surface area (Å²) in [5, 5.41) is 36.4. The van der Waals surface area contributed by atoms with Gasteiger partial charge in [-0.1, -0.05) is 47.7 Å². The average Bonchev–Trinajstić information content (AvgIpc) is 3.61. The molecule has 11 nitrogen and oxygen atoms in total. The van der Waals surface area contributed by atoms with Crippen LogP contribution in [-0.2, 0) is 29.5 Å². The first kappa shape index (κ1) is 23.0. The Morgan fingerprint density at radius 1 is 1.06 bits per heavy atom. The molecule has 0 amide bonds. The van der Waals surface area contributed by atoms with Crippen LogP contribution in [0.15, 0.2) is 64.9 Å². The van der Waals surface area contributed by atoms with Gasteiger partial charge in [-0.05, 0) is 17.7 Å². The zero-order valence-corrected chi connectivity index (χ0v) is 19.9. The zero-order chi connectivity index (χ0) is 24.4. The molecule has 4 N–H and O–H groups in total. The second-order valence-corrected chi connectivity index (χ2v) is 10.1. The number of aliphatic hydroxyl groups is 1. The number of benzene rings is 2. The minimum atomic E-state index is -3.79. The number of aromatic nitrogens is 7. The number of thiazole rings is 1. The minimum Gasteiger partial charge on any atom is -0.390 e. The Balaban J connectivity index is 1.67. The Hall–Kier alpha value is -3.78. The number of rotatable bonds is 8. The monoisotopic (exact) mass is 508 g/mol. The van der Waals surface area contributed by atoms with E-state index in [2.05, 4.69) is 25.6 Å². The van der Waals surface area contributed by atoms with Crippen LogP contribution in [0.4, 0.5) is 0 Å². The van der Waals surface area contributed by atoms with E-state index in [1.165, 1.54) is 23.5 Å². The molecule has 3 heterocycles. The highest BCUT2D eigenvalue weighted by Gasteiger charge is 2.23. The van der Waals surface area contributed by atoms with E-state index >= 15 is 0 Å². The van der Waals surface area contributed by atoms with Gasteiger partial charge in [-0.2, -0.15) is 10.3 Å². The molecular formula is C22H20N8O3S2. The van der Waals surface area contributed by atoms with Gasteiger partial charge in [0.25, 0.3) is 0 Å². The fraction of sp³-hybridized carbons (Fsp3) is 0.136. The Kier molecular flexibility index (Phi) is 6.21. The van der Waals surface area contributed by atoms with Crippen molar-refractivity contribution < 1.29 is 13.5 Å². The Labute approximate surface area is 204 Å². The number of primary sulfonamides is 1. The van der Waals surface area contributed by atoms with Gasteiger partial charge in [-0.3, -0.25) is 0 Å². The smallest absolute Gasteiger partial charge is 0.238 e. The average molecular weight is 509 g/mol. The predicted molar refractivity (Wildman–Crippen MR) is 128 cm³/mol. The van der Waals surface area contributed by atoms with Gasteiger partial charge in [0.15, 0.2) is 5.82 Å². The molecule has 178 valence electrons. The van der Waals surface area contributed by atoms with E-state index in [-0.39, 0.29) is 11.5 Å². The standard InChI is InChI=1S/C22H20N8O3S2/c23-35(32,33)17-8-6-14(7-9-17)10-18-19(11-20-25-28-29-26-20)30(22-24-16(12-31)13-34-22)27-21(18)15-4-2-1-3-5-15/h1-9,13,31H,10-12H2,(H2,23,32,33)(H,25,26,28,29). The molecule has 5 aromatic rings. The second kappa shape index (κ2) is 9.46. The van der Waals surface area contributed by atoms with E-state index in [9.17, 15) is 13.5 Å². The highest BCUT2D eigenvalue weighted by Crippen LogP contribution is 2.32. The molecule has 3 aromatic heterocycles. The van der Waals surface area contributed by atoms with Crippen LogP contribution in [0.1, 0.15) is 28.3 Å². The van der Waals surface area contributed by atoms with Crippen molar-refractivity contribution in [3.63, 3.8) is 0 Å². The second-order valence-electron chi connectivity index (χ2n) is 7.70. The molecule has 5 rings (SSSR count). The van der Waals surface area contributed by atoms with E-state index in [0.29, 0.717) is 29.5 Å². The first-order valence-electron chi connectivity index (χ1n) is 10.5. The van der Waals surface area contributed by atoms with Crippen LogP contribution in [0.2, 0.25) is 0 Å². The first-order valence-corrected chi connectivity index (χ1v) is 12.9. The molecule has 0 unspecified atom stereocenters. The Bertz CT molecular complexity index is 1540. The molecule has 0 radical (unpaired) electrons. The highest BCUT2D eigenvalue weighted by molar-refractivity contribution is 7.89. The normalized spacial score (nSPS) is 11.7. The van der Waals surface area contributed by atoms with E-state index < -0.39 is 10.0 Å². The summed E-state index contributed by atoms with van der Waals surface area (Å²) in [6, 6.07) is 16.2. The molecule has 35 heavy (non-hydrogen) atoms. The van der Waals surface area contributed by atoms with Crippen molar-refractivity contribution in [1.29, 1.82) is 0 Å². The fourth-order valence-electron chi connectivity index (χ4n) is 3.71. The molecule has 0 atom stereocenters. The van der Waals surface area contributed by atoms with Crippen molar-refractivity contribution in [2.24, 2.45) is 5.14 Å². The minimum absolute atomic E-state index is 0.0477. The third kappa shape index (κ3) is 4.88. The molecule has 0 aliphatic rings. The number of nitrogens with two attached hydrogens (primary N) is 1. The number of nitrogens with one attached hydrogen (secondary N) is 1. The SMILES string of the molecule is NS(=O)(=O)c1ccc(Cc2c(-c3ccccc3)nn(-c3nc(CO)cs3)c2Cc2nn[nH]n2)cc1. The summed E-state index contributed by atoms with van der Waals surface area (Å²) < 4.78 is 25.1. The molecule has 2 aromatic carbocycles. The third-order valence-electron chi connectivity index (χ3n) is 5.37. The van der Waals surface area contributed by atoms with Crippen molar-refractivity contribution in [3.8, 4) is 16.4 Å². The summed E-state index contributed by atoms with van der Waals surface area (Å²) in [4.78, 5) is 4.55. The molecule has 13 heteroatoms. The summed E-state index contributed by atoms with van der Waals surface area (Å²) in [5.41, 5.74) is 4.80. The van der Waals surface area contributed by atoms with Gasteiger partial charge in [0.05, 0.1) is 35.0 Å². The Morgan fingerprint density at radius 2 is 1.83 bits per heavy atom. The summed E-state index contributed by atoms with van der Waals surface area (Å²) >= 11 is 1.37. The van der Waals surface area contributed by atoms with E-state index in [4.69, 9.17) is 10.2 Å². The van der Waals surface area contributed by atoms with Crippen LogP contribution in [0.25, 0.3) is 16.4 Å². The summed E-state index contributed by atoms with van der Waals surface area (Å²) in [6.07, 6.45) is 0.787. The topological polar surface area (TPSA) is 166 Å². The summed E-state index contributed by atoms with van der Waals surface area (Å²) in [5.74, 6) is 0.482. The lowest BCUT2D eigenvalue weighted by atomic mass is 9.98. The van der Waals surface area contributed by atoms with Gasteiger partial charge in [0.1, 0.15) is 0 Å². The van der Waals surface area contributed by atoms with Gasteiger partial charge in [-0.15, -0.1) is 21.5 Å². The van der Waals surface area contributed by atoms with Gasteiger partial charge in [0, 0.05) is 22.9 Å². The molecule has 0 aliphatic heterocycles. The molecule has 0 saturated carbocycles. The zero-order valence-electron chi connectivity index (χ0n) is 18.2. The van der Waals surface area contributed by atoms with Crippen LogP contribution in [0.3, 0.4) is 0 Å². The quantitative estimate of drug-likeness (QED) is 0.285. The number of sulfonamides is 1. The largest absolute Gasteiger partial charge is 0.390 e. The molecule has 0 fully saturated rings. The number of aliphatic hydroxyl groups excluding tert-OH is 1. The molecule has 0 saturated heterocycles. The van der Waals surface area contributed by atoms with Crippen LogP contribution >= 0.6 is 11.3 Å². The van der Waals surface area contributed by atoms with Crippen LogP contribution in [-0.4, -0.2) is 48.9 Å². The number of nitrogens with zero attached hydrogens (tertiary/aromatic N) is 6. The maximum absolute atomic E-state index is 11.7. The van der Waals surface area contributed by atoms with Crippen LogP contribution < -0.4 is 5.14 Å². The molecule has 0 spiro atoms. The predicted octanol–water partition coefficient (Wildman–Crippen LogP) is 1.83. The number of hydrogen-bond acceptors (Lipinski definition) is 9. The maximum Gasteiger partial charge on any atom is 0.238 e. The van der Waals surface area contributed by atoms with Crippen LogP contribution in [0, 0.1) is 0 Å². The van der Waals surface area contributed by atoms with Crippen molar-refractivity contribution >= 4 is 21.4 Å². The van der Waals surface area contributed by atoms with E-state index in [1.807, 2.05) is 30.3 Å². The van der Waals surface area contributed by atoms with E-state index in [0.717, 1.165) is 28.1 Å². The van der Waals surface area contributed by atoms with Gasteiger partial charge >= 0.3 is 0 Å². The van der Waals surface area contributed by atoms with Crippen molar-refractivity contribution in [2.75, 3.05) is 0 Å². The van der Waals surface area contributed by atoms with Gasteiger partial charge in [0.2, 0.25) is 15.2 Å². The molecule has 0 aliphatic carbocycles. The van der Waals surface area contributed by atoms with Crippen molar-refractivity contribution in [3.05, 3.63) is 88.3 Å². The number of tetrazole rings is 1. The highest BCUT2D eigenvalue weighted by atomic mass is 32.2. The number of aromatic amines is 1. The lowest BCUT2D eigenvalue weighted by molar-refractivity contribution is 0.277. The summed E-state index contributed by atoms with van der Waals surface area (Å²) in [6.45, 7) is -0.174. The van der Waals surface area contributed by atoms with Crippen molar-refractivity contribution in [2.45, 2.75) is 24.3 Å².